The van der Waals surface area contributed by atoms with E-state index in [1.165, 1.54) is 17.4 Å². The molecule has 142 valence electrons. The molecule has 0 spiro atoms. The van der Waals surface area contributed by atoms with Crippen LogP contribution in [0.15, 0.2) is 30.3 Å². The van der Waals surface area contributed by atoms with E-state index in [2.05, 4.69) is 24.1 Å². The predicted octanol–water partition coefficient (Wildman–Crippen LogP) is 3.92. The van der Waals surface area contributed by atoms with E-state index in [0.29, 0.717) is 21.6 Å². The molecule has 2 amide bonds. The molecule has 3 N–H and O–H groups in total. The maximum absolute atomic E-state index is 12.4. The Balaban J connectivity index is 1.81. The standard InChI is InChI=1S/C20H22ClN3O2S/c1-12(2)24-10-9-14-16(11-24)27-20(18(14)19(22)26)23-17(25)8-7-13-5-3-4-6-15(13)21/h3-8,12H,9-11H2,1-2H3,(H2,22,26)(H,23,25)/b8-7-. The van der Waals surface area contributed by atoms with Crippen molar-refractivity contribution in [2.24, 2.45) is 5.73 Å². The largest absolute Gasteiger partial charge is 0.365 e. The number of carbonyl (C=O) groups is 2. The van der Waals surface area contributed by atoms with Gasteiger partial charge in [0.05, 0.1) is 5.56 Å². The van der Waals surface area contributed by atoms with Crippen LogP contribution in [-0.4, -0.2) is 29.3 Å². The molecule has 0 radical (unpaired) electrons. The number of nitrogens with one attached hydrogen (secondary N) is 1. The number of carbonyl (C=O) groups excluding carboxylic acids is 2. The zero-order valence-corrected chi connectivity index (χ0v) is 16.9. The van der Waals surface area contributed by atoms with Gasteiger partial charge in [0, 0.05) is 35.1 Å². The van der Waals surface area contributed by atoms with E-state index in [1.807, 2.05) is 18.2 Å². The molecule has 0 saturated heterocycles. The quantitative estimate of drug-likeness (QED) is 0.743. The third-order valence-electron chi connectivity index (χ3n) is 4.62. The number of rotatable bonds is 5. The van der Waals surface area contributed by atoms with Crippen LogP contribution in [0.4, 0.5) is 5.00 Å². The van der Waals surface area contributed by atoms with Crippen LogP contribution in [0.5, 0.6) is 0 Å². The first-order chi connectivity index (χ1) is 12.9. The van der Waals surface area contributed by atoms with E-state index in [4.69, 9.17) is 17.3 Å². The monoisotopic (exact) mass is 403 g/mol. The van der Waals surface area contributed by atoms with Gasteiger partial charge in [0.1, 0.15) is 5.00 Å². The molecule has 1 aromatic heterocycles. The Morgan fingerprint density at radius 2 is 2.07 bits per heavy atom. The van der Waals surface area contributed by atoms with Gasteiger partial charge in [-0.25, -0.2) is 0 Å². The summed E-state index contributed by atoms with van der Waals surface area (Å²) in [5.74, 6) is -0.826. The normalized spacial score (nSPS) is 14.5. The van der Waals surface area contributed by atoms with Crippen LogP contribution in [0, 0.1) is 0 Å². The Labute approximate surface area is 167 Å². The van der Waals surface area contributed by atoms with Crippen molar-refractivity contribution >= 4 is 45.8 Å². The first kappa shape index (κ1) is 19.6. The molecule has 2 heterocycles. The Hall–Kier alpha value is -2.15. The van der Waals surface area contributed by atoms with Gasteiger partial charge < -0.3 is 11.1 Å². The average molecular weight is 404 g/mol. The number of hydrogen-bond donors (Lipinski definition) is 2. The first-order valence-corrected chi connectivity index (χ1v) is 9.98. The van der Waals surface area contributed by atoms with Crippen LogP contribution in [0.2, 0.25) is 5.02 Å². The second kappa shape index (κ2) is 8.25. The van der Waals surface area contributed by atoms with E-state index in [0.717, 1.165) is 35.5 Å². The third-order valence-corrected chi connectivity index (χ3v) is 6.10. The van der Waals surface area contributed by atoms with Gasteiger partial charge in [-0.2, -0.15) is 0 Å². The number of amides is 2. The molecule has 0 fully saturated rings. The molecule has 1 aromatic carbocycles. The molecule has 3 rings (SSSR count). The summed E-state index contributed by atoms with van der Waals surface area (Å²) < 4.78 is 0. The summed E-state index contributed by atoms with van der Waals surface area (Å²) in [7, 11) is 0. The van der Waals surface area contributed by atoms with Crippen molar-refractivity contribution in [1.82, 2.24) is 4.90 Å². The molecule has 1 aliphatic rings. The molecule has 2 aromatic rings. The Morgan fingerprint density at radius 3 is 2.74 bits per heavy atom. The van der Waals surface area contributed by atoms with E-state index in [1.54, 1.807) is 12.1 Å². The van der Waals surface area contributed by atoms with Gasteiger partial charge >= 0.3 is 0 Å². The fourth-order valence-corrected chi connectivity index (χ4v) is 4.62. The lowest BCUT2D eigenvalue weighted by Gasteiger charge is -2.30. The number of hydrogen-bond acceptors (Lipinski definition) is 4. The van der Waals surface area contributed by atoms with Gasteiger partial charge in [-0.3, -0.25) is 14.5 Å². The van der Waals surface area contributed by atoms with Crippen LogP contribution in [0.1, 0.15) is 40.2 Å². The molecular formula is C20H22ClN3O2S. The van der Waals surface area contributed by atoms with Gasteiger partial charge in [0.2, 0.25) is 5.91 Å². The van der Waals surface area contributed by atoms with Crippen LogP contribution in [-0.2, 0) is 17.8 Å². The van der Waals surface area contributed by atoms with E-state index in [9.17, 15) is 9.59 Å². The Morgan fingerprint density at radius 1 is 1.33 bits per heavy atom. The molecule has 0 aliphatic carbocycles. The van der Waals surface area contributed by atoms with E-state index < -0.39 is 5.91 Å². The van der Waals surface area contributed by atoms with Gasteiger partial charge in [-0.1, -0.05) is 29.8 Å². The van der Waals surface area contributed by atoms with Crippen molar-refractivity contribution in [2.45, 2.75) is 32.9 Å². The number of halogens is 1. The second-order valence-electron chi connectivity index (χ2n) is 6.73. The molecule has 5 nitrogen and oxygen atoms in total. The lowest BCUT2D eigenvalue weighted by molar-refractivity contribution is -0.111. The molecule has 1 aliphatic heterocycles. The Bertz CT molecular complexity index is 905. The van der Waals surface area contributed by atoms with E-state index in [-0.39, 0.29) is 5.91 Å². The fourth-order valence-electron chi connectivity index (χ4n) is 3.14. The van der Waals surface area contributed by atoms with Crippen molar-refractivity contribution in [3.8, 4) is 0 Å². The zero-order chi connectivity index (χ0) is 19.6. The molecule has 0 saturated carbocycles. The molecule has 7 heteroatoms. The summed E-state index contributed by atoms with van der Waals surface area (Å²) in [5, 5.41) is 3.90. The number of nitrogens with two attached hydrogens (primary N) is 1. The number of anilines is 1. The molecular weight excluding hydrogens is 382 g/mol. The number of nitrogens with zero attached hydrogens (tertiary/aromatic N) is 1. The van der Waals surface area contributed by atoms with Crippen LogP contribution in [0.25, 0.3) is 6.08 Å². The van der Waals surface area contributed by atoms with Gasteiger partial charge in [0.15, 0.2) is 0 Å². The van der Waals surface area contributed by atoms with Crippen molar-refractivity contribution in [3.05, 3.63) is 56.9 Å². The van der Waals surface area contributed by atoms with Crippen molar-refractivity contribution in [2.75, 3.05) is 11.9 Å². The third kappa shape index (κ3) is 4.40. The number of primary amides is 1. The van der Waals surface area contributed by atoms with Crippen molar-refractivity contribution in [1.29, 1.82) is 0 Å². The summed E-state index contributed by atoms with van der Waals surface area (Å²) >= 11 is 7.53. The summed E-state index contributed by atoms with van der Waals surface area (Å²) in [5.41, 5.74) is 7.77. The lowest BCUT2D eigenvalue weighted by Crippen LogP contribution is -2.35. The Kier molecular flexibility index (Phi) is 5.99. The highest BCUT2D eigenvalue weighted by atomic mass is 35.5. The van der Waals surface area contributed by atoms with E-state index >= 15 is 0 Å². The minimum atomic E-state index is -0.504. The highest BCUT2D eigenvalue weighted by molar-refractivity contribution is 7.17. The summed E-state index contributed by atoms with van der Waals surface area (Å²) in [6.07, 6.45) is 3.81. The van der Waals surface area contributed by atoms with Gasteiger partial charge in [-0.05, 0) is 43.5 Å². The van der Waals surface area contributed by atoms with Crippen LogP contribution >= 0.6 is 22.9 Å². The minimum absolute atomic E-state index is 0.322. The number of benzene rings is 1. The molecule has 0 bridgehead atoms. The van der Waals surface area contributed by atoms with Crippen molar-refractivity contribution < 1.29 is 9.59 Å². The second-order valence-corrected chi connectivity index (χ2v) is 8.24. The fraction of sp³-hybridized carbons (Fsp3) is 0.300. The number of thiophene rings is 1. The average Bonchev–Trinajstić information content (AvgIpc) is 2.97. The SMILES string of the molecule is CC(C)N1CCc2c(sc(NC(=O)/C=C\c3ccccc3Cl)c2C(N)=O)C1. The molecule has 0 atom stereocenters. The van der Waals surface area contributed by atoms with Crippen LogP contribution < -0.4 is 11.1 Å². The maximum Gasteiger partial charge on any atom is 0.251 e. The predicted molar refractivity (Wildman–Crippen MR) is 111 cm³/mol. The van der Waals surface area contributed by atoms with Gasteiger partial charge in [-0.15, -0.1) is 11.3 Å². The molecule has 0 unspecified atom stereocenters. The first-order valence-electron chi connectivity index (χ1n) is 8.78. The van der Waals surface area contributed by atoms with Gasteiger partial charge in [0.25, 0.3) is 5.91 Å². The summed E-state index contributed by atoms with van der Waals surface area (Å²) in [6.45, 7) is 5.94. The number of fused-ring (bicyclic) bond motifs is 1. The molecule has 27 heavy (non-hydrogen) atoms. The summed E-state index contributed by atoms with van der Waals surface area (Å²) in [6, 6.07) is 7.69. The zero-order valence-electron chi connectivity index (χ0n) is 15.3. The highest BCUT2D eigenvalue weighted by Crippen LogP contribution is 2.37. The van der Waals surface area contributed by atoms with Crippen LogP contribution in [0.3, 0.4) is 0 Å². The lowest BCUT2D eigenvalue weighted by atomic mass is 10.0. The van der Waals surface area contributed by atoms with Crippen molar-refractivity contribution in [3.63, 3.8) is 0 Å². The maximum atomic E-state index is 12.4. The minimum Gasteiger partial charge on any atom is -0.365 e. The highest BCUT2D eigenvalue weighted by Gasteiger charge is 2.28. The summed E-state index contributed by atoms with van der Waals surface area (Å²) in [4.78, 5) is 27.8. The topological polar surface area (TPSA) is 75.4 Å². The smallest absolute Gasteiger partial charge is 0.251 e.